The highest BCUT2D eigenvalue weighted by molar-refractivity contribution is 7.09. The van der Waals surface area contributed by atoms with Crippen LogP contribution in [0, 0.1) is 12.8 Å². The van der Waals surface area contributed by atoms with Crippen LogP contribution in [-0.4, -0.2) is 30.5 Å². The van der Waals surface area contributed by atoms with Gasteiger partial charge in [0.05, 0.1) is 12.1 Å². The lowest BCUT2D eigenvalue weighted by atomic mass is 10.0. The van der Waals surface area contributed by atoms with Crippen LogP contribution in [0.4, 0.5) is 0 Å². The molecule has 0 spiro atoms. The average molecular weight is 404 g/mol. The molecule has 0 saturated carbocycles. The van der Waals surface area contributed by atoms with E-state index in [1.807, 2.05) is 36.6 Å². The number of aryl methyl sites for hydroxylation is 1. The third-order valence-corrected chi connectivity index (χ3v) is 4.65. The van der Waals surface area contributed by atoms with Gasteiger partial charge in [0, 0.05) is 30.9 Å². The number of amides is 1. The second kappa shape index (κ2) is 10.6. The van der Waals surface area contributed by atoms with E-state index in [1.165, 1.54) is 16.9 Å². The highest BCUT2D eigenvalue weighted by Crippen LogP contribution is 2.16. The number of carbonyl (C=O) groups excluding carboxylic acids is 1. The molecule has 1 fully saturated rings. The molecule has 1 aromatic heterocycles. The minimum Gasteiger partial charge on any atom is -0.486 e. The van der Waals surface area contributed by atoms with Crippen molar-refractivity contribution in [1.29, 1.82) is 0 Å². The number of aromatic nitrogens is 1. The van der Waals surface area contributed by atoms with E-state index < -0.39 is 0 Å². The molecule has 1 aromatic carbocycles. The summed E-state index contributed by atoms with van der Waals surface area (Å²) in [6.45, 7) is 5.22. The third kappa shape index (κ3) is 6.82. The Morgan fingerprint density at radius 1 is 1.32 bits per heavy atom. The Morgan fingerprint density at radius 2 is 2.04 bits per heavy atom. The SMILES string of the molecule is Cc1ccc(OCc2nc(CC(=O)NCC3CNC3)cs2)cc1.Cl.Cl. The fourth-order valence-electron chi connectivity index (χ4n) is 2.25. The first-order valence-corrected chi connectivity index (χ1v) is 8.67. The molecule has 1 saturated heterocycles. The summed E-state index contributed by atoms with van der Waals surface area (Å²) in [5.74, 6) is 1.44. The number of thiazole rings is 1. The summed E-state index contributed by atoms with van der Waals surface area (Å²) in [5, 5.41) is 8.97. The second-order valence-corrected chi connectivity index (χ2v) is 6.78. The summed E-state index contributed by atoms with van der Waals surface area (Å²) in [5.41, 5.74) is 2.01. The van der Waals surface area contributed by atoms with Gasteiger partial charge in [0.15, 0.2) is 0 Å². The summed E-state index contributed by atoms with van der Waals surface area (Å²) < 4.78 is 5.71. The van der Waals surface area contributed by atoms with E-state index in [1.54, 1.807) is 0 Å². The van der Waals surface area contributed by atoms with Gasteiger partial charge < -0.3 is 15.4 Å². The fraction of sp³-hybridized carbons (Fsp3) is 0.412. The molecule has 0 aliphatic carbocycles. The number of hydrogen-bond acceptors (Lipinski definition) is 5. The molecule has 0 atom stereocenters. The zero-order valence-corrected chi connectivity index (χ0v) is 16.4. The second-order valence-electron chi connectivity index (χ2n) is 5.84. The Labute approximate surface area is 164 Å². The van der Waals surface area contributed by atoms with E-state index in [0.717, 1.165) is 36.1 Å². The highest BCUT2D eigenvalue weighted by atomic mass is 35.5. The van der Waals surface area contributed by atoms with E-state index >= 15 is 0 Å². The molecule has 2 N–H and O–H groups in total. The van der Waals surface area contributed by atoms with Crippen molar-refractivity contribution in [3.8, 4) is 5.75 Å². The van der Waals surface area contributed by atoms with Crippen molar-refractivity contribution >= 4 is 42.1 Å². The van der Waals surface area contributed by atoms with Crippen LogP contribution in [0.3, 0.4) is 0 Å². The monoisotopic (exact) mass is 403 g/mol. The average Bonchev–Trinajstić information content (AvgIpc) is 2.92. The van der Waals surface area contributed by atoms with E-state index in [2.05, 4.69) is 15.6 Å². The Balaban J connectivity index is 0.00000156. The van der Waals surface area contributed by atoms with Crippen LogP contribution < -0.4 is 15.4 Å². The summed E-state index contributed by atoms with van der Waals surface area (Å²) >= 11 is 1.53. The van der Waals surface area contributed by atoms with Gasteiger partial charge in [-0.2, -0.15) is 0 Å². The number of halogens is 2. The predicted molar refractivity (Wildman–Crippen MR) is 105 cm³/mol. The number of hydrogen-bond donors (Lipinski definition) is 2. The molecular weight excluding hydrogens is 381 g/mol. The van der Waals surface area contributed by atoms with Gasteiger partial charge >= 0.3 is 0 Å². The minimum atomic E-state index is 0. The molecule has 25 heavy (non-hydrogen) atoms. The number of benzene rings is 1. The topological polar surface area (TPSA) is 63.2 Å². The van der Waals surface area contributed by atoms with Crippen molar-refractivity contribution < 1.29 is 9.53 Å². The molecule has 5 nitrogen and oxygen atoms in total. The van der Waals surface area contributed by atoms with Gasteiger partial charge in [0.25, 0.3) is 0 Å². The molecular formula is C17H23Cl2N3O2S. The lowest BCUT2D eigenvalue weighted by molar-refractivity contribution is -0.120. The molecule has 1 aliphatic heterocycles. The Kier molecular flexibility index (Phi) is 9.21. The molecule has 2 heterocycles. The Hall–Kier alpha value is -1.34. The summed E-state index contributed by atoms with van der Waals surface area (Å²) in [7, 11) is 0. The number of nitrogens with zero attached hydrogens (tertiary/aromatic N) is 1. The van der Waals surface area contributed by atoms with Crippen LogP contribution in [0.15, 0.2) is 29.6 Å². The number of carbonyl (C=O) groups is 1. The standard InChI is InChI=1S/C17H21N3O2S.2ClH/c1-12-2-4-15(5-3-12)22-10-17-20-14(11-23-17)6-16(21)19-9-13-7-18-8-13;;/h2-5,11,13,18H,6-10H2,1H3,(H,19,21);2*1H. The lowest BCUT2D eigenvalue weighted by Gasteiger charge is -2.26. The first-order valence-electron chi connectivity index (χ1n) is 7.79. The summed E-state index contributed by atoms with van der Waals surface area (Å²) in [6, 6.07) is 7.94. The maximum Gasteiger partial charge on any atom is 0.226 e. The van der Waals surface area contributed by atoms with Crippen LogP contribution >= 0.6 is 36.2 Å². The molecule has 3 rings (SSSR count). The number of nitrogens with one attached hydrogen (secondary N) is 2. The zero-order chi connectivity index (χ0) is 16.1. The minimum absolute atomic E-state index is 0. The third-order valence-electron chi connectivity index (χ3n) is 3.78. The first kappa shape index (κ1) is 21.7. The van der Waals surface area contributed by atoms with E-state index in [4.69, 9.17) is 4.74 Å². The molecule has 0 bridgehead atoms. The number of rotatable bonds is 7. The van der Waals surface area contributed by atoms with Crippen molar-refractivity contribution in [2.24, 2.45) is 5.92 Å². The highest BCUT2D eigenvalue weighted by Gasteiger charge is 2.17. The van der Waals surface area contributed by atoms with Crippen LogP contribution in [0.5, 0.6) is 5.75 Å². The first-order chi connectivity index (χ1) is 11.2. The molecule has 2 aromatic rings. The van der Waals surface area contributed by atoms with Gasteiger partial charge in [0.2, 0.25) is 5.91 Å². The van der Waals surface area contributed by atoms with Crippen molar-refractivity contribution in [2.45, 2.75) is 20.0 Å². The van der Waals surface area contributed by atoms with Crippen LogP contribution in [0.2, 0.25) is 0 Å². The van der Waals surface area contributed by atoms with Crippen molar-refractivity contribution in [2.75, 3.05) is 19.6 Å². The van der Waals surface area contributed by atoms with Crippen molar-refractivity contribution in [1.82, 2.24) is 15.6 Å². The van der Waals surface area contributed by atoms with Crippen LogP contribution in [-0.2, 0) is 17.8 Å². The van der Waals surface area contributed by atoms with Gasteiger partial charge in [-0.3, -0.25) is 4.79 Å². The Bertz CT molecular complexity index is 660. The van der Waals surface area contributed by atoms with Gasteiger partial charge in [-0.25, -0.2) is 4.98 Å². The van der Waals surface area contributed by atoms with Gasteiger partial charge in [0.1, 0.15) is 17.4 Å². The van der Waals surface area contributed by atoms with E-state index in [0.29, 0.717) is 18.9 Å². The lowest BCUT2D eigenvalue weighted by Crippen LogP contribution is -2.48. The van der Waals surface area contributed by atoms with E-state index in [9.17, 15) is 4.79 Å². The Morgan fingerprint density at radius 3 is 2.68 bits per heavy atom. The van der Waals surface area contributed by atoms with Crippen LogP contribution in [0.25, 0.3) is 0 Å². The molecule has 0 radical (unpaired) electrons. The van der Waals surface area contributed by atoms with Gasteiger partial charge in [-0.1, -0.05) is 17.7 Å². The maximum absolute atomic E-state index is 11.9. The largest absolute Gasteiger partial charge is 0.486 e. The number of ether oxygens (including phenoxy) is 1. The maximum atomic E-state index is 11.9. The molecule has 1 aliphatic rings. The van der Waals surface area contributed by atoms with Gasteiger partial charge in [-0.15, -0.1) is 36.2 Å². The molecule has 1 amide bonds. The normalized spacial score (nSPS) is 13.2. The van der Waals surface area contributed by atoms with Crippen molar-refractivity contribution in [3.63, 3.8) is 0 Å². The fourth-order valence-corrected chi connectivity index (χ4v) is 2.96. The van der Waals surface area contributed by atoms with Crippen LogP contribution in [0.1, 0.15) is 16.3 Å². The quantitative estimate of drug-likeness (QED) is 0.745. The molecule has 138 valence electrons. The predicted octanol–water partition coefficient (Wildman–Crippen LogP) is 2.75. The summed E-state index contributed by atoms with van der Waals surface area (Å²) in [4.78, 5) is 16.3. The summed E-state index contributed by atoms with van der Waals surface area (Å²) in [6.07, 6.45) is 0.335. The van der Waals surface area contributed by atoms with E-state index in [-0.39, 0.29) is 30.7 Å². The van der Waals surface area contributed by atoms with Gasteiger partial charge in [-0.05, 0) is 19.1 Å². The molecule has 0 unspecified atom stereocenters. The molecule has 8 heteroatoms. The van der Waals surface area contributed by atoms with Crippen molar-refractivity contribution in [3.05, 3.63) is 45.9 Å². The zero-order valence-electron chi connectivity index (χ0n) is 14.0. The smallest absolute Gasteiger partial charge is 0.226 e.